The maximum Gasteiger partial charge on any atom is 0.412 e. The Bertz CT molecular complexity index is 1190. The zero-order chi connectivity index (χ0) is 24.6. The third kappa shape index (κ3) is 5.28. The van der Waals surface area contributed by atoms with Crippen molar-refractivity contribution in [1.29, 1.82) is 0 Å². The summed E-state index contributed by atoms with van der Waals surface area (Å²) in [4.78, 5) is 23.7. The van der Waals surface area contributed by atoms with Gasteiger partial charge in [-0.25, -0.2) is 17.6 Å². The number of benzene rings is 2. The summed E-state index contributed by atoms with van der Waals surface area (Å²) >= 11 is 0. The minimum Gasteiger partial charge on any atom is -0.494 e. The number of sulfonamides is 1. The first kappa shape index (κ1) is 24.1. The molecule has 12 heteroatoms. The fourth-order valence-electron chi connectivity index (χ4n) is 3.05. The zero-order valence-corrected chi connectivity index (χ0v) is 19.2. The first-order valence-electron chi connectivity index (χ1n) is 9.78. The number of primary amides is 1. The molecule has 0 fully saturated rings. The van der Waals surface area contributed by atoms with E-state index in [0.717, 1.165) is 22.5 Å². The summed E-state index contributed by atoms with van der Waals surface area (Å²) in [7, 11) is -3.11. The van der Waals surface area contributed by atoms with Gasteiger partial charge in [0, 0.05) is 11.8 Å². The predicted molar refractivity (Wildman–Crippen MR) is 117 cm³/mol. The average Bonchev–Trinajstić information content (AvgIpc) is 2.71. The van der Waals surface area contributed by atoms with Crippen molar-refractivity contribution in [3.05, 3.63) is 42.2 Å². The molecule has 3 rings (SSSR count). The third-order valence-corrected chi connectivity index (χ3v) is 6.28. The topological polar surface area (TPSA) is 137 Å². The quantitative estimate of drug-likeness (QED) is 0.670. The summed E-state index contributed by atoms with van der Waals surface area (Å²) < 4.78 is 57.3. The Hall–Kier alpha value is -3.54. The Morgan fingerprint density at radius 2 is 1.91 bits per heavy atom. The lowest BCUT2D eigenvalue weighted by molar-refractivity contribution is -0.124. The van der Waals surface area contributed by atoms with Crippen molar-refractivity contribution in [3.8, 4) is 11.5 Å². The minimum atomic E-state index is -4.31. The van der Waals surface area contributed by atoms with Gasteiger partial charge in [-0.1, -0.05) is 0 Å². The fourth-order valence-corrected chi connectivity index (χ4v) is 4.54. The van der Waals surface area contributed by atoms with Gasteiger partial charge in [0.2, 0.25) is 0 Å². The van der Waals surface area contributed by atoms with E-state index in [1.54, 1.807) is 20.8 Å². The highest BCUT2D eigenvalue weighted by Crippen LogP contribution is 2.39. The number of fused-ring (bicyclic) bond motifs is 1. The number of carbonyl (C=O) groups excluding carboxylic acids is 2. The summed E-state index contributed by atoms with van der Waals surface area (Å²) in [5, 5.41) is 2.52. The Labute approximate surface area is 190 Å². The van der Waals surface area contributed by atoms with Crippen molar-refractivity contribution in [1.82, 2.24) is 0 Å². The molecule has 0 aliphatic carbocycles. The minimum absolute atomic E-state index is 0.0457. The fraction of sp³-hybridized carbons (Fsp3) is 0.333. The van der Waals surface area contributed by atoms with Crippen LogP contribution in [0, 0.1) is 5.82 Å². The Kier molecular flexibility index (Phi) is 6.41. The van der Waals surface area contributed by atoms with Crippen molar-refractivity contribution in [2.45, 2.75) is 37.4 Å². The SMILES string of the molecule is COc1cc(S(=O)(=O)N2C[C@H](C(N)=O)Oc3ccc(NC(=O)OC(C)(C)C)cc32)ccc1F. The lowest BCUT2D eigenvalue weighted by Crippen LogP contribution is -2.49. The molecule has 178 valence electrons. The number of halogens is 1. The molecule has 1 aliphatic heterocycles. The van der Waals surface area contributed by atoms with E-state index in [0.29, 0.717) is 0 Å². The number of amides is 2. The Morgan fingerprint density at radius 1 is 1.21 bits per heavy atom. The largest absolute Gasteiger partial charge is 0.494 e. The molecule has 1 aliphatic rings. The normalized spacial score (nSPS) is 15.8. The molecule has 0 unspecified atom stereocenters. The summed E-state index contributed by atoms with van der Waals surface area (Å²) in [6.07, 6.45) is -2.01. The smallest absolute Gasteiger partial charge is 0.412 e. The Balaban J connectivity index is 2.04. The summed E-state index contributed by atoms with van der Waals surface area (Å²) in [5.74, 6) is -1.82. The molecule has 1 atom stereocenters. The molecule has 0 bridgehead atoms. The highest BCUT2D eigenvalue weighted by atomic mass is 32.2. The second kappa shape index (κ2) is 8.77. The second-order valence-electron chi connectivity index (χ2n) is 8.15. The van der Waals surface area contributed by atoms with E-state index in [9.17, 15) is 22.4 Å². The van der Waals surface area contributed by atoms with E-state index >= 15 is 0 Å². The second-order valence-corrected chi connectivity index (χ2v) is 10.0. The van der Waals surface area contributed by atoms with Gasteiger partial charge in [-0.05, 0) is 51.1 Å². The first-order valence-corrected chi connectivity index (χ1v) is 11.2. The van der Waals surface area contributed by atoms with Crippen LogP contribution in [0.2, 0.25) is 0 Å². The van der Waals surface area contributed by atoms with Crippen LogP contribution in [0.4, 0.5) is 20.6 Å². The molecule has 0 spiro atoms. The number of anilines is 2. The number of hydrogen-bond acceptors (Lipinski definition) is 7. The van der Waals surface area contributed by atoms with Crippen LogP contribution in [-0.4, -0.2) is 45.8 Å². The third-order valence-electron chi connectivity index (χ3n) is 4.50. The van der Waals surface area contributed by atoms with Crippen LogP contribution >= 0.6 is 0 Å². The van der Waals surface area contributed by atoms with Crippen LogP contribution in [0.25, 0.3) is 0 Å². The van der Waals surface area contributed by atoms with Crippen LogP contribution in [0.1, 0.15) is 20.8 Å². The number of hydrogen-bond donors (Lipinski definition) is 2. The zero-order valence-electron chi connectivity index (χ0n) is 18.4. The van der Waals surface area contributed by atoms with E-state index in [4.69, 9.17) is 19.9 Å². The van der Waals surface area contributed by atoms with Crippen LogP contribution in [0.15, 0.2) is 41.3 Å². The van der Waals surface area contributed by atoms with E-state index in [-0.39, 0.29) is 27.8 Å². The van der Waals surface area contributed by atoms with E-state index < -0.39 is 46.1 Å². The van der Waals surface area contributed by atoms with E-state index in [1.165, 1.54) is 25.3 Å². The standard InChI is InChI=1S/C21H24FN3O7S/c1-21(2,3)32-20(27)24-12-5-8-16-15(9-12)25(11-18(31-16)19(23)26)33(28,29)13-6-7-14(22)17(10-13)30-4/h5-10,18H,11H2,1-4H3,(H2,23,26)(H,24,27)/t18-/m1/s1. The molecule has 0 saturated heterocycles. The maximum absolute atomic E-state index is 13.8. The molecular weight excluding hydrogens is 457 g/mol. The highest BCUT2D eigenvalue weighted by Gasteiger charge is 2.37. The van der Waals surface area contributed by atoms with Crippen molar-refractivity contribution in [2.24, 2.45) is 5.73 Å². The molecular formula is C21H24FN3O7S. The number of ether oxygens (including phenoxy) is 3. The molecule has 0 radical (unpaired) electrons. The molecule has 0 aromatic heterocycles. The average molecular weight is 482 g/mol. The van der Waals surface area contributed by atoms with Gasteiger partial charge in [-0.2, -0.15) is 0 Å². The highest BCUT2D eigenvalue weighted by molar-refractivity contribution is 7.92. The van der Waals surface area contributed by atoms with Crippen LogP contribution in [0.3, 0.4) is 0 Å². The van der Waals surface area contributed by atoms with Gasteiger partial charge in [0.05, 0.1) is 24.2 Å². The molecule has 1 heterocycles. The van der Waals surface area contributed by atoms with Gasteiger partial charge in [0.25, 0.3) is 15.9 Å². The number of nitrogens with zero attached hydrogens (tertiary/aromatic N) is 1. The van der Waals surface area contributed by atoms with E-state index in [1.807, 2.05) is 0 Å². The van der Waals surface area contributed by atoms with Gasteiger partial charge in [0.1, 0.15) is 11.4 Å². The van der Waals surface area contributed by atoms with Gasteiger partial charge in [-0.3, -0.25) is 14.4 Å². The van der Waals surface area contributed by atoms with Crippen LogP contribution in [0.5, 0.6) is 11.5 Å². The molecule has 3 N–H and O–H groups in total. The molecule has 33 heavy (non-hydrogen) atoms. The van der Waals surface area contributed by atoms with Crippen molar-refractivity contribution >= 4 is 33.4 Å². The molecule has 2 amide bonds. The van der Waals surface area contributed by atoms with Gasteiger partial charge in [-0.15, -0.1) is 0 Å². The van der Waals surface area contributed by atoms with Crippen LogP contribution < -0.4 is 24.8 Å². The van der Waals surface area contributed by atoms with Gasteiger partial charge >= 0.3 is 6.09 Å². The van der Waals surface area contributed by atoms with E-state index in [2.05, 4.69) is 5.32 Å². The molecule has 0 saturated carbocycles. The summed E-state index contributed by atoms with van der Waals surface area (Å²) in [6, 6.07) is 7.27. The monoisotopic (exact) mass is 481 g/mol. The summed E-state index contributed by atoms with van der Waals surface area (Å²) in [5.41, 5.74) is 4.89. The first-order chi connectivity index (χ1) is 15.3. The molecule has 2 aromatic carbocycles. The van der Waals surface area contributed by atoms with Gasteiger partial charge in [0.15, 0.2) is 17.7 Å². The number of nitrogens with two attached hydrogens (primary N) is 1. The van der Waals surface area contributed by atoms with Crippen molar-refractivity contribution in [2.75, 3.05) is 23.3 Å². The Morgan fingerprint density at radius 3 is 2.52 bits per heavy atom. The number of rotatable bonds is 5. The van der Waals surface area contributed by atoms with Crippen LogP contribution in [-0.2, 0) is 19.6 Å². The number of methoxy groups -OCH3 is 1. The predicted octanol–water partition coefficient (Wildman–Crippen LogP) is 2.62. The summed E-state index contributed by atoms with van der Waals surface area (Å²) in [6.45, 7) is 4.66. The van der Waals surface area contributed by atoms with Crippen molar-refractivity contribution in [3.63, 3.8) is 0 Å². The van der Waals surface area contributed by atoms with Crippen molar-refractivity contribution < 1.29 is 36.6 Å². The number of nitrogens with one attached hydrogen (secondary N) is 1. The molecule has 10 nitrogen and oxygen atoms in total. The lowest BCUT2D eigenvalue weighted by atomic mass is 10.2. The molecule has 2 aromatic rings. The van der Waals surface area contributed by atoms with Gasteiger partial charge < -0.3 is 19.9 Å². The lowest BCUT2D eigenvalue weighted by Gasteiger charge is -2.34. The maximum atomic E-state index is 13.8. The number of carbonyl (C=O) groups is 2.